The van der Waals surface area contributed by atoms with E-state index in [1.807, 2.05) is 6.92 Å². The summed E-state index contributed by atoms with van der Waals surface area (Å²) < 4.78 is 21.9. The fourth-order valence-electron chi connectivity index (χ4n) is 1.44. The number of aryl methyl sites for hydroxylation is 1. The standard InChI is InChI=1S/C10H11ClN4O2S/c1-2-15-13-10(12-14-15)9-5-3-8(4-6-9)7-18(11,16)17/h3-6H,2,7H2,1H3. The zero-order valence-electron chi connectivity index (χ0n) is 9.62. The molecule has 6 nitrogen and oxygen atoms in total. The Labute approximate surface area is 109 Å². The van der Waals surface area contributed by atoms with Gasteiger partial charge in [-0.3, -0.25) is 0 Å². The Bertz CT molecular complexity index is 636. The summed E-state index contributed by atoms with van der Waals surface area (Å²) in [6, 6.07) is 6.85. The number of hydrogen-bond donors (Lipinski definition) is 0. The van der Waals surface area contributed by atoms with Gasteiger partial charge in [0.25, 0.3) is 0 Å². The van der Waals surface area contributed by atoms with Crippen LogP contribution in [0.25, 0.3) is 11.4 Å². The summed E-state index contributed by atoms with van der Waals surface area (Å²) >= 11 is 0. The predicted octanol–water partition coefficient (Wildman–Crippen LogP) is 1.43. The molecule has 0 spiro atoms. The van der Waals surface area contributed by atoms with E-state index in [4.69, 9.17) is 10.7 Å². The average molecular weight is 287 g/mol. The highest BCUT2D eigenvalue weighted by molar-refractivity contribution is 8.13. The summed E-state index contributed by atoms with van der Waals surface area (Å²) in [7, 11) is 1.65. The highest BCUT2D eigenvalue weighted by Crippen LogP contribution is 2.16. The van der Waals surface area contributed by atoms with Gasteiger partial charge in [-0.1, -0.05) is 24.3 Å². The van der Waals surface area contributed by atoms with Crippen molar-refractivity contribution >= 4 is 19.7 Å². The van der Waals surface area contributed by atoms with Crippen LogP contribution in [-0.2, 0) is 21.3 Å². The van der Waals surface area contributed by atoms with Crippen molar-refractivity contribution < 1.29 is 8.42 Å². The smallest absolute Gasteiger partial charge is 0.212 e. The van der Waals surface area contributed by atoms with Gasteiger partial charge in [-0.2, -0.15) is 4.80 Å². The number of hydrogen-bond acceptors (Lipinski definition) is 5. The first-order valence-corrected chi connectivity index (χ1v) is 7.75. The Balaban J connectivity index is 2.22. The maximum Gasteiger partial charge on any atom is 0.236 e. The third-order valence-electron chi connectivity index (χ3n) is 2.29. The lowest BCUT2D eigenvalue weighted by Crippen LogP contribution is -1.98. The SMILES string of the molecule is CCn1nnc(-c2ccc(CS(=O)(=O)Cl)cc2)n1. The Morgan fingerprint density at radius 3 is 2.44 bits per heavy atom. The van der Waals surface area contributed by atoms with Crippen LogP contribution >= 0.6 is 10.7 Å². The second-order valence-electron chi connectivity index (χ2n) is 3.68. The second-order valence-corrected chi connectivity index (χ2v) is 6.46. The van der Waals surface area contributed by atoms with Crippen LogP contribution in [0.15, 0.2) is 24.3 Å². The maximum atomic E-state index is 10.9. The predicted molar refractivity (Wildman–Crippen MR) is 67.4 cm³/mol. The molecule has 0 aliphatic rings. The summed E-state index contributed by atoms with van der Waals surface area (Å²) in [6.45, 7) is 2.56. The summed E-state index contributed by atoms with van der Waals surface area (Å²) in [5.74, 6) is 0.321. The van der Waals surface area contributed by atoms with Gasteiger partial charge in [-0.25, -0.2) is 8.42 Å². The lowest BCUT2D eigenvalue weighted by atomic mass is 10.1. The molecule has 96 valence electrons. The Kier molecular flexibility index (Phi) is 3.63. The molecular formula is C10H11ClN4O2S. The van der Waals surface area contributed by atoms with E-state index in [2.05, 4.69) is 15.4 Å². The number of aromatic nitrogens is 4. The van der Waals surface area contributed by atoms with Gasteiger partial charge in [-0.05, 0) is 17.7 Å². The quantitative estimate of drug-likeness (QED) is 0.795. The number of nitrogens with zero attached hydrogens (tertiary/aromatic N) is 4. The van der Waals surface area contributed by atoms with Crippen molar-refractivity contribution in [2.75, 3.05) is 0 Å². The van der Waals surface area contributed by atoms with Gasteiger partial charge in [-0.15, -0.1) is 10.2 Å². The monoisotopic (exact) mass is 286 g/mol. The summed E-state index contributed by atoms with van der Waals surface area (Å²) in [5.41, 5.74) is 1.40. The Morgan fingerprint density at radius 1 is 1.28 bits per heavy atom. The van der Waals surface area contributed by atoms with Crippen LogP contribution < -0.4 is 0 Å². The molecule has 0 bridgehead atoms. The van der Waals surface area contributed by atoms with Gasteiger partial charge in [0.15, 0.2) is 0 Å². The van der Waals surface area contributed by atoms with E-state index in [0.29, 0.717) is 17.9 Å². The molecule has 8 heteroatoms. The first-order valence-electron chi connectivity index (χ1n) is 5.27. The van der Waals surface area contributed by atoms with E-state index in [-0.39, 0.29) is 5.75 Å². The highest BCUT2D eigenvalue weighted by Gasteiger charge is 2.09. The minimum Gasteiger partial charge on any atom is -0.212 e. The Morgan fingerprint density at radius 2 is 1.94 bits per heavy atom. The molecule has 0 fully saturated rings. The van der Waals surface area contributed by atoms with E-state index in [9.17, 15) is 8.42 Å². The third kappa shape index (κ3) is 3.27. The topological polar surface area (TPSA) is 77.7 Å². The maximum absolute atomic E-state index is 10.9. The fraction of sp³-hybridized carbons (Fsp3) is 0.300. The number of halogens is 1. The van der Waals surface area contributed by atoms with Gasteiger partial charge in [0.1, 0.15) is 0 Å². The molecule has 0 aliphatic heterocycles. The first kappa shape index (κ1) is 13.0. The zero-order chi connectivity index (χ0) is 13.2. The minimum atomic E-state index is -3.53. The highest BCUT2D eigenvalue weighted by atomic mass is 35.7. The molecule has 1 heterocycles. The van der Waals surface area contributed by atoms with Gasteiger partial charge in [0, 0.05) is 16.2 Å². The molecule has 18 heavy (non-hydrogen) atoms. The molecular weight excluding hydrogens is 276 g/mol. The largest absolute Gasteiger partial charge is 0.236 e. The van der Waals surface area contributed by atoms with E-state index in [1.165, 1.54) is 4.80 Å². The van der Waals surface area contributed by atoms with Crippen LogP contribution in [0.1, 0.15) is 12.5 Å². The molecule has 1 aromatic heterocycles. The van der Waals surface area contributed by atoms with Gasteiger partial charge < -0.3 is 0 Å². The summed E-state index contributed by atoms with van der Waals surface area (Å²) in [4.78, 5) is 1.48. The van der Waals surface area contributed by atoms with Crippen molar-refractivity contribution in [3.63, 3.8) is 0 Å². The number of benzene rings is 1. The number of tetrazole rings is 1. The van der Waals surface area contributed by atoms with Crippen molar-refractivity contribution in [1.82, 2.24) is 20.2 Å². The molecule has 2 rings (SSSR count). The van der Waals surface area contributed by atoms with Crippen LogP contribution in [0.2, 0.25) is 0 Å². The van der Waals surface area contributed by atoms with E-state index < -0.39 is 9.05 Å². The van der Waals surface area contributed by atoms with E-state index >= 15 is 0 Å². The van der Waals surface area contributed by atoms with E-state index in [1.54, 1.807) is 24.3 Å². The molecule has 0 unspecified atom stereocenters. The van der Waals surface area contributed by atoms with Crippen LogP contribution in [0.3, 0.4) is 0 Å². The second kappa shape index (κ2) is 5.03. The average Bonchev–Trinajstić information content (AvgIpc) is 2.76. The van der Waals surface area contributed by atoms with Gasteiger partial charge in [0.2, 0.25) is 14.9 Å². The summed E-state index contributed by atoms with van der Waals surface area (Å²) in [6.07, 6.45) is 0. The third-order valence-corrected chi connectivity index (χ3v) is 3.29. The molecule has 0 radical (unpaired) electrons. The van der Waals surface area contributed by atoms with Crippen molar-refractivity contribution in [3.05, 3.63) is 29.8 Å². The molecule has 0 amide bonds. The van der Waals surface area contributed by atoms with Crippen LogP contribution in [0.4, 0.5) is 0 Å². The lowest BCUT2D eigenvalue weighted by Gasteiger charge is -1.99. The molecule has 0 N–H and O–H groups in total. The molecule has 1 aromatic carbocycles. The first-order chi connectivity index (χ1) is 8.48. The van der Waals surface area contributed by atoms with Gasteiger partial charge >= 0.3 is 0 Å². The van der Waals surface area contributed by atoms with Crippen molar-refractivity contribution in [1.29, 1.82) is 0 Å². The van der Waals surface area contributed by atoms with Crippen LogP contribution in [0.5, 0.6) is 0 Å². The van der Waals surface area contributed by atoms with Crippen molar-refractivity contribution in [2.45, 2.75) is 19.2 Å². The minimum absolute atomic E-state index is 0.191. The normalized spacial score (nSPS) is 11.7. The summed E-state index contributed by atoms with van der Waals surface area (Å²) in [5, 5.41) is 11.9. The fourth-order valence-corrected chi connectivity index (χ4v) is 2.41. The molecule has 2 aromatic rings. The Hall–Kier alpha value is -1.47. The molecule has 0 saturated carbocycles. The van der Waals surface area contributed by atoms with Crippen LogP contribution in [-0.4, -0.2) is 28.6 Å². The zero-order valence-corrected chi connectivity index (χ0v) is 11.2. The van der Waals surface area contributed by atoms with Crippen molar-refractivity contribution in [2.24, 2.45) is 0 Å². The number of rotatable bonds is 4. The van der Waals surface area contributed by atoms with Crippen molar-refractivity contribution in [3.8, 4) is 11.4 Å². The van der Waals surface area contributed by atoms with Gasteiger partial charge in [0.05, 0.1) is 12.3 Å². The lowest BCUT2D eigenvalue weighted by molar-refractivity contribution is 0.553. The van der Waals surface area contributed by atoms with E-state index in [0.717, 1.165) is 5.56 Å². The molecule has 0 saturated heterocycles. The molecule has 0 aliphatic carbocycles. The molecule has 0 atom stereocenters. The van der Waals surface area contributed by atoms with Crippen LogP contribution in [0, 0.1) is 0 Å².